The average molecular weight is 283 g/mol. The molecule has 1 aliphatic rings. The molecule has 0 bridgehead atoms. The van der Waals surface area contributed by atoms with E-state index in [0.29, 0.717) is 13.0 Å². The lowest BCUT2D eigenvalue weighted by Crippen LogP contribution is -2.33. The highest BCUT2D eigenvalue weighted by Crippen LogP contribution is 2.48. The van der Waals surface area contributed by atoms with Crippen LogP contribution < -0.4 is 9.46 Å². The molecule has 1 fully saturated rings. The molecule has 1 aromatic carbocycles. The van der Waals surface area contributed by atoms with Crippen molar-refractivity contribution in [2.45, 2.75) is 31.6 Å². The zero-order valence-corrected chi connectivity index (χ0v) is 12.3. The molecule has 0 atom stereocenters. The van der Waals surface area contributed by atoms with Gasteiger partial charge < -0.3 is 4.74 Å². The van der Waals surface area contributed by atoms with Gasteiger partial charge in [-0.2, -0.15) is 0 Å². The molecule has 19 heavy (non-hydrogen) atoms. The molecule has 0 heterocycles. The number of rotatable bonds is 7. The third-order valence-corrected chi connectivity index (χ3v) is 5.19. The molecular formula is C14H21NO3S. The van der Waals surface area contributed by atoms with Gasteiger partial charge in [0.15, 0.2) is 0 Å². The molecule has 1 aromatic rings. The van der Waals surface area contributed by atoms with Crippen LogP contribution in [0.15, 0.2) is 24.3 Å². The van der Waals surface area contributed by atoms with Crippen molar-refractivity contribution in [1.29, 1.82) is 0 Å². The van der Waals surface area contributed by atoms with Gasteiger partial charge in [-0.25, -0.2) is 13.1 Å². The number of hydrogen-bond acceptors (Lipinski definition) is 3. The molecule has 106 valence electrons. The Morgan fingerprint density at radius 1 is 1.26 bits per heavy atom. The van der Waals surface area contributed by atoms with Crippen molar-refractivity contribution in [3.8, 4) is 5.75 Å². The van der Waals surface area contributed by atoms with E-state index in [1.807, 2.05) is 31.2 Å². The predicted octanol–water partition coefficient (Wildman–Crippen LogP) is 2.06. The highest BCUT2D eigenvalue weighted by Gasteiger charge is 2.44. The zero-order valence-electron chi connectivity index (χ0n) is 11.5. The van der Waals surface area contributed by atoms with Crippen molar-refractivity contribution in [2.24, 2.45) is 0 Å². The lowest BCUT2D eigenvalue weighted by atomic mass is 9.96. The average Bonchev–Trinajstić information content (AvgIpc) is 3.18. The Morgan fingerprint density at radius 2 is 1.89 bits per heavy atom. The number of ether oxygens (including phenoxy) is 1. The minimum atomic E-state index is -3.12. The number of nitrogens with one attached hydrogen (secondary N) is 1. The molecule has 4 nitrogen and oxygen atoms in total. The highest BCUT2D eigenvalue weighted by atomic mass is 32.2. The van der Waals surface area contributed by atoms with Gasteiger partial charge in [-0.1, -0.05) is 19.1 Å². The molecule has 0 aliphatic heterocycles. The molecule has 0 spiro atoms. The fourth-order valence-electron chi connectivity index (χ4n) is 2.25. The monoisotopic (exact) mass is 283 g/mol. The van der Waals surface area contributed by atoms with E-state index in [1.54, 1.807) is 7.11 Å². The number of hydrogen-bond donors (Lipinski definition) is 1. The van der Waals surface area contributed by atoms with Gasteiger partial charge in [0, 0.05) is 12.0 Å². The first kappa shape index (κ1) is 14.3. The Kier molecular flexibility index (Phi) is 4.16. The summed E-state index contributed by atoms with van der Waals surface area (Å²) in [4.78, 5) is 0. The first-order valence-corrected chi connectivity index (χ1v) is 8.28. The maximum atomic E-state index is 11.7. The molecule has 2 rings (SSSR count). The highest BCUT2D eigenvalue weighted by molar-refractivity contribution is 7.89. The first-order valence-electron chi connectivity index (χ1n) is 6.63. The second-order valence-corrected chi connectivity index (χ2v) is 7.08. The van der Waals surface area contributed by atoms with Crippen LogP contribution in [0.2, 0.25) is 0 Å². The van der Waals surface area contributed by atoms with Gasteiger partial charge in [0.1, 0.15) is 5.75 Å². The molecule has 5 heteroatoms. The Morgan fingerprint density at radius 3 is 2.37 bits per heavy atom. The SMILES string of the molecule is CCCS(=O)(=O)NCC1(c2ccc(OC)cc2)CC1. The van der Waals surface area contributed by atoms with E-state index < -0.39 is 10.0 Å². The van der Waals surface area contributed by atoms with Gasteiger partial charge in [0.05, 0.1) is 12.9 Å². The van der Waals surface area contributed by atoms with Crippen molar-refractivity contribution in [3.05, 3.63) is 29.8 Å². The molecule has 0 unspecified atom stereocenters. The van der Waals surface area contributed by atoms with Crippen molar-refractivity contribution in [2.75, 3.05) is 19.4 Å². The Bertz CT molecular complexity index is 518. The molecule has 1 saturated carbocycles. The van der Waals surface area contributed by atoms with E-state index in [4.69, 9.17) is 4.74 Å². The number of sulfonamides is 1. The van der Waals surface area contributed by atoms with Gasteiger partial charge in [-0.3, -0.25) is 0 Å². The summed E-state index contributed by atoms with van der Waals surface area (Å²) < 4.78 is 31.3. The van der Waals surface area contributed by atoms with Crippen LogP contribution >= 0.6 is 0 Å². The van der Waals surface area contributed by atoms with E-state index in [2.05, 4.69) is 4.72 Å². The number of benzene rings is 1. The second kappa shape index (κ2) is 5.51. The Balaban J connectivity index is 2.03. The van der Waals surface area contributed by atoms with E-state index >= 15 is 0 Å². The summed E-state index contributed by atoms with van der Waals surface area (Å²) in [6, 6.07) is 7.91. The summed E-state index contributed by atoms with van der Waals surface area (Å²) in [6.45, 7) is 2.37. The van der Waals surface area contributed by atoms with Crippen molar-refractivity contribution in [3.63, 3.8) is 0 Å². The van der Waals surface area contributed by atoms with Gasteiger partial charge in [0.25, 0.3) is 0 Å². The maximum Gasteiger partial charge on any atom is 0.211 e. The minimum absolute atomic E-state index is 0.00686. The second-order valence-electron chi connectivity index (χ2n) is 5.15. The molecule has 0 amide bonds. The number of methoxy groups -OCH3 is 1. The van der Waals surface area contributed by atoms with E-state index in [0.717, 1.165) is 18.6 Å². The lowest BCUT2D eigenvalue weighted by Gasteiger charge is -2.17. The van der Waals surface area contributed by atoms with Crippen molar-refractivity contribution >= 4 is 10.0 Å². The van der Waals surface area contributed by atoms with E-state index in [9.17, 15) is 8.42 Å². The zero-order chi connectivity index (χ0) is 13.9. The normalized spacial score (nSPS) is 17.2. The predicted molar refractivity (Wildman–Crippen MR) is 76.0 cm³/mol. The van der Waals surface area contributed by atoms with Gasteiger partial charge in [-0.05, 0) is 37.0 Å². The standard InChI is InChI=1S/C14H21NO3S/c1-3-10-19(16,17)15-11-14(8-9-14)12-4-6-13(18-2)7-5-12/h4-7,15H,3,8-11H2,1-2H3. The van der Waals surface area contributed by atoms with Crippen LogP contribution in [0.5, 0.6) is 5.75 Å². The molecule has 1 aliphatic carbocycles. The topological polar surface area (TPSA) is 55.4 Å². The maximum absolute atomic E-state index is 11.7. The summed E-state index contributed by atoms with van der Waals surface area (Å²) in [7, 11) is -1.48. The molecule has 0 saturated heterocycles. The first-order chi connectivity index (χ1) is 9.01. The van der Waals surface area contributed by atoms with Crippen LogP contribution in [-0.4, -0.2) is 27.8 Å². The van der Waals surface area contributed by atoms with Crippen molar-refractivity contribution < 1.29 is 13.2 Å². The van der Waals surface area contributed by atoms with Crippen LogP contribution in [-0.2, 0) is 15.4 Å². The van der Waals surface area contributed by atoms with Gasteiger partial charge >= 0.3 is 0 Å². The largest absolute Gasteiger partial charge is 0.497 e. The van der Waals surface area contributed by atoms with Gasteiger partial charge in [0.2, 0.25) is 10.0 Å². The third kappa shape index (κ3) is 3.48. The van der Waals surface area contributed by atoms with Crippen LogP contribution in [0.3, 0.4) is 0 Å². The van der Waals surface area contributed by atoms with Crippen LogP contribution in [0.1, 0.15) is 31.7 Å². The summed E-state index contributed by atoms with van der Waals surface area (Å²) >= 11 is 0. The summed E-state index contributed by atoms with van der Waals surface area (Å²) in [5, 5.41) is 0. The summed E-state index contributed by atoms with van der Waals surface area (Å²) in [5.41, 5.74) is 1.18. The fraction of sp³-hybridized carbons (Fsp3) is 0.571. The quantitative estimate of drug-likeness (QED) is 0.833. The van der Waals surface area contributed by atoms with E-state index in [-0.39, 0.29) is 11.2 Å². The molecule has 0 aromatic heterocycles. The van der Waals surface area contributed by atoms with Crippen LogP contribution in [0, 0.1) is 0 Å². The van der Waals surface area contributed by atoms with E-state index in [1.165, 1.54) is 5.56 Å². The summed E-state index contributed by atoms with van der Waals surface area (Å²) in [5.74, 6) is 1.03. The van der Waals surface area contributed by atoms with Gasteiger partial charge in [-0.15, -0.1) is 0 Å². The third-order valence-electron chi connectivity index (χ3n) is 3.66. The fourth-order valence-corrected chi connectivity index (χ4v) is 3.43. The van der Waals surface area contributed by atoms with Crippen molar-refractivity contribution in [1.82, 2.24) is 4.72 Å². The van der Waals surface area contributed by atoms with Crippen LogP contribution in [0.4, 0.5) is 0 Å². The smallest absolute Gasteiger partial charge is 0.211 e. The molecule has 1 N–H and O–H groups in total. The molecule has 0 radical (unpaired) electrons. The molecular weight excluding hydrogens is 262 g/mol. The Hall–Kier alpha value is -1.07. The summed E-state index contributed by atoms with van der Waals surface area (Å²) in [6.07, 6.45) is 2.72. The minimum Gasteiger partial charge on any atom is -0.497 e. The van der Waals surface area contributed by atoms with Crippen LogP contribution in [0.25, 0.3) is 0 Å². The lowest BCUT2D eigenvalue weighted by molar-refractivity contribution is 0.414. The Labute approximate surface area is 115 Å².